The summed E-state index contributed by atoms with van der Waals surface area (Å²) in [5.74, 6) is 0.635. The molecule has 1 atom stereocenters. The van der Waals surface area contributed by atoms with Gasteiger partial charge >= 0.3 is 0 Å². The SMILES string of the molecule is CC12CCCc3coc(c31)C(=O)c1cc3c(cc12)C(=O)C1=C(SCCN1)C3=O. The standard InChI is InChI=1S/C22H17NO4S/c1-22-4-2-3-10-9-27-20(15(10)22)18(25)13-7-11-12(8-14(13)22)17(24)16-21(19(11)26)28-6-5-23-16/h7-9,23H,2-6H2,1H3. The van der Waals surface area contributed by atoms with Crippen LogP contribution in [0.15, 0.2) is 33.4 Å². The zero-order valence-corrected chi connectivity index (χ0v) is 16.1. The number of Topliss-reactive ketones (excluding diaryl/α,β-unsaturated/α-hetero) is 2. The summed E-state index contributed by atoms with van der Waals surface area (Å²) >= 11 is 1.41. The Kier molecular flexibility index (Phi) is 3.07. The maximum atomic E-state index is 13.2. The average Bonchev–Trinajstić information content (AvgIpc) is 3.16. The van der Waals surface area contributed by atoms with E-state index >= 15 is 0 Å². The first-order valence-corrected chi connectivity index (χ1v) is 10.5. The van der Waals surface area contributed by atoms with E-state index in [9.17, 15) is 14.4 Å². The second kappa shape index (κ2) is 5.26. The summed E-state index contributed by atoms with van der Waals surface area (Å²) in [4.78, 5) is 39.9. The Hall–Kier alpha value is -2.60. The van der Waals surface area contributed by atoms with Crippen LogP contribution >= 0.6 is 11.8 Å². The highest BCUT2D eigenvalue weighted by molar-refractivity contribution is 8.04. The van der Waals surface area contributed by atoms with E-state index in [0.29, 0.717) is 39.6 Å². The quantitative estimate of drug-likeness (QED) is 0.742. The highest BCUT2D eigenvalue weighted by Crippen LogP contribution is 2.51. The topological polar surface area (TPSA) is 76.4 Å². The Morgan fingerprint density at radius 2 is 1.89 bits per heavy atom. The van der Waals surface area contributed by atoms with Gasteiger partial charge in [-0.3, -0.25) is 14.4 Å². The normalized spacial score (nSPS) is 25.0. The Morgan fingerprint density at radius 3 is 2.75 bits per heavy atom. The third-order valence-corrected chi connectivity index (χ3v) is 7.63. The number of furan rings is 1. The van der Waals surface area contributed by atoms with Gasteiger partial charge in [0.25, 0.3) is 0 Å². The molecule has 1 aliphatic heterocycles. The Bertz CT molecular complexity index is 1170. The van der Waals surface area contributed by atoms with Crippen LogP contribution in [-0.4, -0.2) is 29.6 Å². The Balaban J connectivity index is 1.63. The van der Waals surface area contributed by atoms with Gasteiger partial charge < -0.3 is 9.73 Å². The van der Waals surface area contributed by atoms with Crippen molar-refractivity contribution in [3.63, 3.8) is 0 Å². The summed E-state index contributed by atoms with van der Waals surface area (Å²) in [7, 11) is 0. The van der Waals surface area contributed by atoms with Crippen LogP contribution in [0.1, 0.15) is 73.3 Å². The first-order chi connectivity index (χ1) is 13.5. The van der Waals surface area contributed by atoms with Crippen molar-refractivity contribution < 1.29 is 18.8 Å². The summed E-state index contributed by atoms with van der Waals surface area (Å²) in [6.07, 6.45) is 4.48. The molecule has 0 saturated carbocycles. The van der Waals surface area contributed by atoms with Crippen LogP contribution in [0.2, 0.25) is 0 Å². The van der Waals surface area contributed by atoms with Crippen molar-refractivity contribution in [2.24, 2.45) is 0 Å². The van der Waals surface area contributed by atoms with E-state index in [1.165, 1.54) is 11.8 Å². The largest absolute Gasteiger partial charge is 0.460 e. The fourth-order valence-corrected chi connectivity index (χ4v) is 6.18. The molecular formula is C22H17NO4S. The van der Waals surface area contributed by atoms with Gasteiger partial charge in [-0.1, -0.05) is 6.92 Å². The van der Waals surface area contributed by atoms with Gasteiger partial charge in [-0.2, -0.15) is 0 Å². The average molecular weight is 391 g/mol. The van der Waals surface area contributed by atoms with Gasteiger partial charge in [-0.25, -0.2) is 0 Å². The Morgan fingerprint density at radius 1 is 1.07 bits per heavy atom. The molecule has 2 aromatic rings. The van der Waals surface area contributed by atoms with Gasteiger partial charge in [-0.15, -0.1) is 11.8 Å². The number of carbonyl (C=O) groups excluding carboxylic acids is 3. The van der Waals surface area contributed by atoms with Crippen LogP contribution in [0.25, 0.3) is 0 Å². The summed E-state index contributed by atoms with van der Waals surface area (Å²) in [6, 6.07) is 3.44. The van der Waals surface area contributed by atoms with E-state index in [0.717, 1.165) is 41.7 Å². The first-order valence-electron chi connectivity index (χ1n) is 9.55. The second-order valence-electron chi connectivity index (χ2n) is 8.06. The van der Waals surface area contributed by atoms with Crippen LogP contribution in [0.3, 0.4) is 0 Å². The van der Waals surface area contributed by atoms with E-state index in [4.69, 9.17) is 4.42 Å². The highest BCUT2D eigenvalue weighted by Gasteiger charge is 2.47. The molecule has 4 aliphatic rings. The number of aryl methyl sites for hydroxylation is 1. The third kappa shape index (κ3) is 1.82. The molecule has 1 aromatic heterocycles. The number of ketones is 3. The van der Waals surface area contributed by atoms with Crippen molar-refractivity contribution in [3.8, 4) is 0 Å². The highest BCUT2D eigenvalue weighted by atomic mass is 32.2. The van der Waals surface area contributed by atoms with Gasteiger partial charge in [0.2, 0.25) is 17.3 Å². The lowest BCUT2D eigenvalue weighted by molar-refractivity contribution is 0.0971. The summed E-state index contributed by atoms with van der Waals surface area (Å²) < 4.78 is 5.68. The molecule has 1 aromatic carbocycles. The Labute approximate surface area is 165 Å². The molecule has 140 valence electrons. The number of nitrogens with one attached hydrogen (secondary N) is 1. The number of hydrogen-bond donors (Lipinski definition) is 1. The molecule has 5 nitrogen and oxygen atoms in total. The predicted molar refractivity (Wildman–Crippen MR) is 104 cm³/mol. The van der Waals surface area contributed by atoms with E-state index in [-0.39, 0.29) is 22.8 Å². The molecule has 1 unspecified atom stereocenters. The second-order valence-corrected chi connectivity index (χ2v) is 9.17. The minimum Gasteiger partial charge on any atom is -0.460 e. The van der Waals surface area contributed by atoms with Gasteiger partial charge in [0.1, 0.15) is 5.70 Å². The van der Waals surface area contributed by atoms with Gasteiger partial charge in [-0.05, 0) is 42.5 Å². The van der Waals surface area contributed by atoms with Gasteiger partial charge in [0, 0.05) is 40.0 Å². The molecule has 0 spiro atoms. The molecule has 3 aliphatic carbocycles. The molecule has 1 N–H and O–H groups in total. The van der Waals surface area contributed by atoms with E-state index < -0.39 is 0 Å². The maximum absolute atomic E-state index is 13.2. The lowest BCUT2D eigenvalue weighted by atomic mass is 9.62. The summed E-state index contributed by atoms with van der Waals surface area (Å²) in [6.45, 7) is 2.79. The molecule has 28 heavy (non-hydrogen) atoms. The smallest absolute Gasteiger partial charge is 0.228 e. The van der Waals surface area contributed by atoms with Crippen molar-refractivity contribution in [1.82, 2.24) is 5.32 Å². The number of carbonyl (C=O) groups is 3. The number of thioether (sulfide) groups is 1. The fraction of sp³-hybridized carbons (Fsp3) is 0.318. The van der Waals surface area contributed by atoms with Crippen molar-refractivity contribution in [2.75, 3.05) is 12.3 Å². The third-order valence-electron chi connectivity index (χ3n) is 6.54. The molecule has 0 bridgehead atoms. The van der Waals surface area contributed by atoms with E-state index in [1.54, 1.807) is 18.4 Å². The lowest BCUT2D eigenvalue weighted by Crippen LogP contribution is -2.38. The molecule has 2 heterocycles. The summed E-state index contributed by atoms with van der Waals surface area (Å²) in [5, 5.41) is 3.10. The van der Waals surface area contributed by atoms with Crippen LogP contribution in [0.5, 0.6) is 0 Å². The minimum absolute atomic E-state index is 0.148. The molecular weight excluding hydrogens is 374 g/mol. The van der Waals surface area contributed by atoms with Crippen LogP contribution in [0.4, 0.5) is 0 Å². The molecule has 0 fully saturated rings. The summed E-state index contributed by atoms with van der Waals surface area (Å²) in [5.41, 5.74) is 4.17. The number of benzene rings is 1. The van der Waals surface area contributed by atoms with Crippen LogP contribution in [-0.2, 0) is 11.8 Å². The van der Waals surface area contributed by atoms with Crippen LogP contribution < -0.4 is 5.32 Å². The fourth-order valence-electron chi connectivity index (χ4n) is 5.22. The zero-order valence-electron chi connectivity index (χ0n) is 15.3. The number of hydrogen-bond acceptors (Lipinski definition) is 6. The van der Waals surface area contributed by atoms with Crippen LogP contribution in [0, 0.1) is 0 Å². The van der Waals surface area contributed by atoms with Crippen molar-refractivity contribution in [2.45, 2.75) is 31.6 Å². The monoisotopic (exact) mass is 391 g/mol. The van der Waals surface area contributed by atoms with Gasteiger partial charge in [0.05, 0.1) is 11.2 Å². The molecule has 6 heteroatoms. The maximum Gasteiger partial charge on any atom is 0.228 e. The molecule has 0 saturated heterocycles. The minimum atomic E-state index is -0.374. The zero-order chi connectivity index (χ0) is 19.2. The van der Waals surface area contributed by atoms with Gasteiger partial charge in [0.15, 0.2) is 5.76 Å². The molecule has 6 rings (SSSR count). The lowest BCUT2D eigenvalue weighted by Gasteiger charge is -2.39. The number of rotatable bonds is 0. The molecule has 0 amide bonds. The first kappa shape index (κ1) is 16.4. The van der Waals surface area contributed by atoms with Crippen molar-refractivity contribution in [1.29, 1.82) is 0 Å². The number of fused-ring (bicyclic) bond motifs is 3. The van der Waals surface area contributed by atoms with Crippen molar-refractivity contribution >= 4 is 29.1 Å². The van der Waals surface area contributed by atoms with E-state index in [1.807, 2.05) is 0 Å². The van der Waals surface area contributed by atoms with E-state index in [2.05, 4.69) is 12.2 Å². The predicted octanol–water partition coefficient (Wildman–Crippen LogP) is 3.39. The number of allylic oxidation sites excluding steroid dienone is 2. The molecule has 0 radical (unpaired) electrons. The van der Waals surface area contributed by atoms with Crippen molar-refractivity contribution in [3.05, 3.63) is 68.1 Å².